The molecule has 1 amide bonds. The Morgan fingerprint density at radius 1 is 0.470 bits per heavy atom. The summed E-state index contributed by atoms with van der Waals surface area (Å²) in [6, 6.07) is -0.793. The van der Waals surface area contributed by atoms with E-state index in [0.29, 0.717) is 23.9 Å². The van der Waals surface area contributed by atoms with Crippen LogP contribution in [0.25, 0.3) is 0 Å². The molecular formula is C57H117N2O6P. The number of phosphoric ester groups is 1. The van der Waals surface area contributed by atoms with Crippen LogP contribution in [0.1, 0.15) is 309 Å². The molecule has 0 fully saturated rings. The van der Waals surface area contributed by atoms with E-state index in [2.05, 4.69) is 19.2 Å². The Morgan fingerprint density at radius 3 is 1.03 bits per heavy atom. The third kappa shape index (κ3) is 51.4. The van der Waals surface area contributed by atoms with Gasteiger partial charge in [0.15, 0.2) is 0 Å². The highest BCUT2D eigenvalue weighted by atomic mass is 31.2. The molecule has 0 aliphatic heterocycles. The molecule has 66 heavy (non-hydrogen) atoms. The van der Waals surface area contributed by atoms with Gasteiger partial charge in [-0.2, -0.15) is 0 Å². The molecule has 0 saturated carbocycles. The second kappa shape index (κ2) is 49.5. The van der Waals surface area contributed by atoms with Crippen LogP contribution in [0.3, 0.4) is 0 Å². The quantitative estimate of drug-likeness (QED) is 0.0357. The van der Waals surface area contributed by atoms with Gasteiger partial charge in [-0.3, -0.25) is 9.36 Å². The van der Waals surface area contributed by atoms with Crippen LogP contribution in [0, 0.1) is 0 Å². The highest BCUT2D eigenvalue weighted by Crippen LogP contribution is 2.38. The Morgan fingerprint density at radius 2 is 0.742 bits per heavy atom. The summed E-state index contributed by atoms with van der Waals surface area (Å²) in [6.45, 7) is 4.74. The number of rotatable bonds is 55. The number of nitrogens with one attached hydrogen (secondary N) is 1. The van der Waals surface area contributed by atoms with Crippen molar-refractivity contribution in [1.29, 1.82) is 0 Å². The van der Waals surface area contributed by atoms with E-state index in [4.69, 9.17) is 9.05 Å². The fraction of sp³-hybridized carbons (Fsp3) is 0.982. The second-order valence-corrected chi connectivity index (χ2v) is 23.1. The van der Waals surface area contributed by atoms with Gasteiger partial charge in [0.1, 0.15) is 13.2 Å². The number of carbonyl (C=O) groups excluding carboxylic acids is 1. The van der Waals surface area contributed by atoms with Gasteiger partial charge in [0, 0.05) is 6.42 Å². The minimum atomic E-state index is -4.56. The smallest absolute Gasteiger partial charge is 0.268 e. The van der Waals surface area contributed by atoms with E-state index < -0.39 is 20.0 Å². The molecule has 0 aliphatic carbocycles. The number of likely N-dealkylation sites (N-methyl/N-ethyl adjacent to an activating group) is 1. The number of hydrogen-bond donors (Lipinski definition) is 2. The lowest BCUT2D eigenvalue weighted by Gasteiger charge is -2.30. The van der Waals surface area contributed by atoms with Gasteiger partial charge < -0.3 is 28.8 Å². The molecule has 0 aromatic rings. The molecule has 0 aliphatic rings. The maximum absolute atomic E-state index is 12.9. The summed E-state index contributed by atoms with van der Waals surface area (Å²) >= 11 is 0. The first-order chi connectivity index (χ1) is 32.0. The van der Waals surface area contributed by atoms with E-state index >= 15 is 0 Å². The SMILES string of the molecule is CCCCCCCCCCCCCCCCCCCCCCCCCCCCCCCCCCCCC(=O)N[C@@H](COP(=O)([O-])OCC[N+](C)(C)C)[C@H](O)CCCCCCCCCCCC. The van der Waals surface area contributed by atoms with E-state index in [1.54, 1.807) is 0 Å². The van der Waals surface area contributed by atoms with Gasteiger partial charge in [0.25, 0.3) is 7.82 Å². The molecule has 1 unspecified atom stereocenters. The summed E-state index contributed by atoms with van der Waals surface area (Å²) in [5.41, 5.74) is 0. The van der Waals surface area contributed by atoms with Crippen LogP contribution < -0.4 is 10.2 Å². The number of phosphoric acid groups is 1. The van der Waals surface area contributed by atoms with Crippen LogP contribution in [0.2, 0.25) is 0 Å². The van der Waals surface area contributed by atoms with Crippen LogP contribution in [-0.4, -0.2) is 68.5 Å². The predicted molar refractivity (Wildman–Crippen MR) is 284 cm³/mol. The molecule has 0 saturated heterocycles. The average molecular weight is 958 g/mol. The maximum Gasteiger partial charge on any atom is 0.268 e. The highest BCUT2D eigenvalue weighted by molar-refractivity contribution is 7.45. The average Bonchev–Trinajstić information content (AvgIpc) is 3.28. The Kier molecular flexibility index (Phi) is 49.1. The lowest BCUT2D eigenvalue weighted by atomic mass is 10.0. The number of quaternary nitrogens is 1. The minimum Gasteiger partial charge on any atom is -0.756 e. The van der Waals surface area contributed by atoms with Gasteiger partial charge in [-0.15, -0.1) is 0 Å². The van der Waals surface area contributed by atoms with E-state index in [1.807, 2.05) is 21.1 Å². The van der Waals surface area contributed by atoms with Crippen molar-refractivity contribution in [2.24, 2.45) is 0 Å². The van der Waals surface area contributed by atoms with Crippen LogP contribution >= 0.6 is 7.82 Å². The van der Waals surface area contributed by atoms with Crippen LogP contribution in [0.4, 0.5) is 0 Å². The monoisotopic (exact) mass is 957 g/mol. The van der Waals surface area contributed by atoms with Crippen molar-refractivity contribution in [1.82, 2.24) is 5.32 Å². The van der Waals surface area contributed by atoms with Crippen molar-refractivity contribution in [3.63, 3.8) is 0 Å². The summed E-state index contributed by atoms with van der Waals surface area (Å²) in [7, 11) is 1.32. The minimum absolute atomic E-state index is 0.0161. The first-order valence-corrected chi connectivity index (χ1v) is 30.8. The standard InChI is InChI=1S/C57H117N2O6P/c1-6-8-10-12-14-16-18-19-20-21-22-23-24-25-26-27-28-29-30-31-32-33-34-35-36-37-38-39-40-41-43-45-47-49-51-57(61)58-55(54-65-66(62,63)64-53-52-59(3,4)5)56(60)50-48-46-44-42-17-15-13-11-9-7-2/h55-56,60H,6-54H2,1-5H3,(H-,58,61,62,63)/t55-,56+/m0/s1. The van der Waals surface area contributed by atoms with Crippen molar-refractivity contribution >= 4 is 13.7 Å². The summed E-state index contributed by atoms with van der Waals surface area (Å²) in [5.74, 6) is -0.159. The van der Waals surface area contributed by atoms with E-state index in [0.717, 1.165) is 38.5 Å². The lowest BCUT2D eigenvalue weighted by molar-refractivity contribution is -0.870. The number of carbonyl (C=O) groups is 1. The van der Waals surface area contributed by atoms with Crippen molar-refractivity contribution in [2.45, 2.75) is 321 Å². The van der Waals surface area contributed by atoms with Gasteiger partial charge in [-0.1, -0.05) is 290 Å². The fourth-order valence-corrected chi connectivity index (χ4v) is 9.94. The van der Waals surface area contributed by atoms with Crippen molar-refractivity contribution in [2.75, 3.05) is 40.9 Å². The van der Waals surface area contributed by atoms with Crippen LogP contribution in [0.5, 0.6) is 0 Å². The number of unbranched alkanes of at least 4 members (excludes halogenated alkanes) is 42. The summed E-state index contributed by atoms with van der Waals surface area (Å²) in [4.78, 5) is 25.4. The molecule has 0 heterocycles. The summed E-state index contributed by atoms with van der Waals surface area (Å²) in [5, 5.41) is 13.9. The van der Waals surface area contributed by atoms with E-state index in [1.165, 1.54) is 244 Å². The van der Waals surface area contributed by atoms with Crippen LogP contribution in [-0.2, 0) is 18.4 Å². The second-order valence-electron chi connectivity index (χ2n) is 21.7. The third-order valence-electron chi connectivity index (χ3n) is 13.8. The molecule has 3 atom stereocenters. The van der Waals surface area contributed by atoms with Crippen molar-refractivity contribution < 1.29 is 32.9 Å². The van der Waals surface area contributed by atoms with E-state index in [-0.39, 0.29) is 19.1 Å². The Labute approximate surface area is 412 Å². The van der Waals surface area contributed by atoms with Gasteiger partial charge in [-0.25, -0.2) is 0 Å². The van der Waals surface area contributed by atoms with Crippen LogP contribution in [0.15, 0.2) is 0 Å². The Bertz CT molecular complexity index is 1040. The fourth-order valence-electron chi connectivity index (χ4n) is 9.22. The van der Waals surface area contributed by atoms with Gasteiger partial charge in [0.2, 0.25) is 5.91 Å². The lowest BCUT2D eigenvalue weighted by Crippen LogP contribution is -2.46. The number of hydrogen-bond acceptors (Lipinski definition) is 6. The molecule has 0 aromatic carbocycles. The zero-order valence-corrected chi connectivity index (χ0v) is 46.1. The molecule has 9 heteroatoms. The zero-order valence-electron chi connectivity index (χ0n) is 45.2. The van der Waals surface area contributed by atoms with Crippen molar-refractivity contribution in [3.8, 4) is 0 Å². The number of nitrogens with zero attached hydrogens (tertiary/aromatic N) is 1. The zero-order chi connectivity index (χ0) is 48.5. The molecule has 0 radical (unpaired) electrons. The van der Waals surface area contributed by atoms with E-state index in [9.17, 15) is 19.4 Å². The number of aliphatic hydroxyl groups excluding tert-OH is 1. The molecule has 396 valence electrons. The molecule has 0 aromatic heterocycles. The van der Waals surface area contributed by atoms with Gasteiger partial charge >= 0.3 is 0 Å². The molecule has 0 rings (SSSR count). The summed E-state index contributed by atoms with van der Waals surface area (Å²) < 4.78 is 23.3. The maximum atomic E-state index is 12.9. The number of amides is 1. The third-order valence-corrected chi connectivity index (χ3v) is 14.8. The largest absolute Gasteiger partial charge is 0.756 e. The molecule has 8 nitrogen and oxygen atoms in total. The Hall–Kier alpha value is -0.500. The van der Waals surface area contributed by atoms with Gasteiger partial charge in [0.05, 0.1) is 39.9 Å². The first kappa shape index (κ1) is 65.5. The first-order valence-electron chi connectivity index (χ1n) is 29.4. The number of aliphatic hydroxyl groups is 1. The Balaban J connectivity index is 3.83. The topological polar surface area (TPSA) is 108 Å². The summed E-state index contributed by atoms with van der Waals surface area (Å²) in [6.07, 6.45) is 58.9. The predicted octanol–water partition coefficient (Wildman–Crippen LogP) is 17.0. The molecule has 0 bridgehead atoms. The highest BCUT2D eigenvalue weighted by Gasteiger charge is 2.24. The molecule has 2 N–H and O–H groups in total. The normalized spacial score (nSPS) is 13.9. The van der Waals surface area contributed by atoms with Gasteiger partial charge in [-0.05, 0) is 12.8 Å². The molecular weight excluding hydrogens is 840 g/mol. The van der Waals surface area contributed by atoms with Crippen molar-refractivity contribution in [3.05, 3.63) is 0 Å². The molecule has 0 spiro atoms.